The molecule has 7 heteroatoms. The number of hydrogen-bond acceptors (Lipinski definition) is 5. The molecule has 31 heavy (non-hydrogen) atoms. The number of carbonyl (C=O) groups excluding carboxylic acids is 1. The lowest BCUT2D eigenvalue weighted by atomic mass is 10.2. The Morgan fingerprint density at radius 2 is 1.77 bits per heavy atom. The number of anilines is 1. The fourth-order valence-electron chi connectivity index (χ4n) is 3.74. The van der Waals surface area contributed by atoms with Crippen LogP contribution in [-0.2, 0) is 11.2 Å². The van der Waals surface area contributed by atoms with Crippen LogP contribution in [0.3, 0.4) is 0 Å². The van der Waals surface area contributed by atoms with Crippen LogP contribution in [-0.4, -0.2) is 55.1 Å². The zero-order chi connectivity index (χ0) is 21.5. The topological polar surface area (TPSA) is 61.6 Å². The van der Waals surface area contributed by atoms with Gasteiger partial charge in [-0.25, -0.2) is 9.37 Å². The van der Waals surface area contributed by atoms with E-state index in [9.17, 15) is 9.18 Å². The van der Waals surface area contributed by atoms with Crippen LogP contribution in [0.4, 0.5) is 10.1 Å². The first-order valence-electron chi connectivity index (χ1n) is 10.7. The van der Waals surface area contributed by atoms with Crippen molar-refractivity contribution in [2.24, 2.45) is 0 Å². The highest BCUT2D eigenvalue weighted by Crippen LogP contribution is 2.23. The molecule has 0 atom stereocenters. The van der Waals surface area contributed by atoms with E-state index in [0.29, 0.717) is 36.6 Å². The third-order valence-electron chi connectivity index (χ3n) is 5.50. The molecule has 1 N–H and O–H groups in total. The Morgan fingerprint density at radius 3 is 2.55 bits per heavy atom. The minimum Gasteiger partial charge on any atom is -0.441 e. The summed E-state index contributed by atoms with van der Waals surface area (Å²) in [6.07, 6.45) is 2.18. The first-order chi connectivity index (χ1) is 15.2. The minimum atomic E-state index is -0.354. The van der Waals surface area contributed by atoms with Crippen molar-refractivity contribution >= 4 is 11.6 Å². The van der Waals surface area contributed by atoms with Crippen LogP contribution in [0.1, 0.15) is 12.3 Å². The van der Waals surface area contributed by atoms with Crippen LogP contribution >= 0.6 is 0 Å². The number of amides is 1. The number of aromatic nitrogens is 1. The summed E-state index contributed by atoms with van der Waals surface area (Å²) < 4.78 is 19.4. The lowest BCUT2D eigenvalue weighted by Gasteiger charge is -2.36. The molecule has 1 amide bonds. The highest BCUT2D eigenvalue weighted by molar-refractivity contribution is 5.76. The van der Waals surface area contributed by atoms with Gasteiger partial charge in [-0.2, -0.15) is 0 Å². The Bertz CT molecular complexity index is 984. The molecule has 6 nitrogen and oxygen atoms in total. The molecule has 1 saturated heterocycles. The van der Waals surface area contributed by atoms with Gasteiger partial charge in [-0.3, -0.25) is 9.69 Å². The van der Waals surface area contributed by atoms with E-state index in [0.717, 1.165) is 32.7 Å². The van der Waals surface area contributed by atoms with E-state index in [2.05, 4.69) is 44.4 Å². The average molecular weight is 423 g/mol. The van der Waals surface area contributed by atoms with E-state index in [1.165, 1.54) is 18.0 Å². The summed E-state index contributed by atoms with van der Waals surface area (Å²) in [4.78, 5) is 21.1. The van der Waals surface area contributed by atoms with Gasteiger partial charge in [0.2, 0.25) is 5.91 Å². The van der Waals surface area contributed by atoms with E-state index < -0.39 is 0 Å². The van der Waals surface area contributed by atoms with E-state index >= 15 is 0 Å². The smallest absolute Gasteiger partial charge is 0.220 e. The van der Waals surface area contributed by atoms with E-state index in [1.54, 1.807) is 18.2 Å². The number of piperazine rings is 1. The summed E-state index contributed by atoms with van der Waals surface area (Å²) in [7, 11) is 0. The molecule has 2 aromatic carbocycles. The molecule has 1 fully saturated rings. The number of rotatable bonds is 8. The fourth-order valence-corrected chi connectivity index (χ4v) is 3.74. The van der Waals surface area contributed by atoms with Gasteiger partial charge in [0.1, 0.15) is 5.82 Å². The predicted molar refractivity (Wildman–Crippen MR) is 118 cm³/mol. The summed E-state index contributed by atoms with van der Waals surface area (Å²) in [5.41, 5.74) is 1.64. The number of para-hydroxylation sites is 1. The van der Waals surface area contributed by atoms with Gasteiger partial charge in [-0.15, -0.1) is 0 Å². The van der Waals surface area contributed by atoms with Gasteiger partial charge in [0, 0.05) is 57.8 Å². The van der Waals surface area contributed by atoms with E-state index in [4.69, 9.17) is 4.42 Å². The zero-order valence-corrected chi connectivity index (χ0v) is 17.5. The number of hydrogen-bond donors (Lipinski definition) is 1. The first-order valence-corrected chi connectivity index (χ1v) is 10.7. The Labute approximate surface area is 181 Å². The standard InChI is InChI=1S/C24H27FN4O2/c25-21-9-5-4-8-20(21)22-18-27-24(31-22)11-10-23(30)26-12-13-28-14-16-29(17-15-28)19-6-2-1-3-7-19/h1-9,18H,10-17H2,(H,26,30). The normalized spacial score (nSPS) is 14.5. The summed E-state index contributed by atoms with van der Waals surface area (Å²) in [6, 6.07) is 16.8. The SMILES string of the molecule is O=C(CCc1ncc(-c2ccccc2F)o1)NCCN1CCN(c2ccccc2)CC1. The van der Waals surface area contributed by atoms with Gasteiger partial charge in [-0.05, 0) is 24.3 Å². The molecule has 3 aromatic rings. The Kier molecular flexibility index (Phi) is 6.94. The molecule has 162 valence electrons. The number of aryl methyl sites for hydroxylation is 1. The summed E-state index contributed by atoms with van der Waals surface area (Å²) in [5.74, 6) is 0.426. The van der Waals surface area contributed by atoms with Gasteiger partial charge in [-0.1, -0.05) is 30.3 Å². The monoisotopic (exact) mass is 422 g/mol. The van der Waals surface area contributed by atoms with Crippen LogP contribution in [0.25, 0.3) is 11.3 Å². The van der Waals surface area contributed by atoms with Crippen molar-refractivity contribution in [3.63, 3.8) is 0 Å². The number of nitrogens with zero attached hydrogens (tertiary/aromatic N) is 3. The van der Waals surface area contributed by atoms with Gasteiger partial charge < -0.3 is 14.6 Å². The van der Waals surface area contributed by atoms with E-state index in [-0.39, 0.29) is 11.7 Å². The second-order valence-corrected chi connectivity index (χ2v) is 7.61. The quantitative estimate of drug-likeness (QED) is 0.603. The Hall–Kier alpha value is -3.19. The molecule has 0 spiro atoms. The minimum absolute atomic E-state index is 0.0337. The molecular weight excluding hydrogens is 395 g/mol. The number of carbonyl (C=O) groups is 1. The number of oxazole rings is 1. The van der Waals surface area contributed by atoms with Crippen LogP contribution < -0.4 is 10.2 Å². The largest absolute Gasteiger partial charge is 0.441 e. The second-order valence-electron chi connectivity index (χ2n) is 7.61. The first kappa shape index (κ1) is 21.1. The van der Waals surface area contributed by atoms with Crippen LogP contribution in [0.2, 0.25) is 0 Å². The third-order valence-corrected chi connectivity index (χ3v) is 5.50. The summed E-state index contributed by atoms with van der Waals surface area (Å²) in [5, 5.41) is 2.97. The predicted octanol–water partition coefficient (Wildman–Crippen LogP) is 3.35. The van der Waals surface area contributed by atoms with Crippen molar-refractivity contribution in [3.8, 4) is 11.3 Å². The maximum Gasteiger partial charge on any atom is 0.220 e. The Balaban J connectivity index is 1.14. The van der Waals surface area contributed by atoms with Crippen molar-refractivity contribution in [3.05, 3.63) is 72.5 Å². The molecular formula is C24H27FN4O2. The highest BCUT2D eigenvalue weighted by atomic mass is 19.1. The molecule has 1 aliphatic heterocycles. The molecule has 2 heterocycles. The van der Waals surface area contributed by atoms with Crippen molar-refractivity contribution in [1.82, 2.24) is 15.2 Å². The number of nitrogens with one attached hydrogen (secondary N) is 1. The zero-order valence-electron chi connectivity index (χ0n) is 17.5. The van der Waals surface area contributed by atoms with Crippen LogP contribution in [0, 0.1) is 5.82 Å². The highest BCUT2D eigenvalue weighted by Gasteiger charge is 2.17. The maximum atomic E-state index is 13.8. The molecule has 1 aliphatic rings. The van der Waals surface area contributed by atoms with Crippen LogP contribution in [0.15, 0.2) is 65.2 Å². The maximum absolute atomic E-state index is 13.8. The van der Waals surface area contributed by atoms with Crippen molar-refractivity contribution < 1.29 is 13.6 Å². The van der Waals surface area contributed by atoms with Gasteiger partial charge >= 0.3 is 0 Å². The number of halogens is 1. The Morgan fingerprint density at radius 1 is 1.03 bits per heavy atom. The molecule has 4 rings (SSSR count). The second kappa shape index (κ2) is 10.2. The fraction of sp³-hybridized carbons (Fsp3) is 0.333. The van der Waals surface area contributed by atoms with Crippen molar-refractivity contribution in [2.45, 2.75) is 12.8 Å². The molecule has 0 radical (unpaired) electrons. The summed E-state index contributed by atoms with van der Waals surface area (Å²) in [6.45, 7) is 5.42. The molecule has 0 aliphatic carbocycles. The van der Waals surface area contributed by atoms with Gasteiger partial charge in [0.05, 0.1) is 11.8 Å². The average Bonchev–Trinajstić information content (AvgIpc) is 3.28. The molecule has 1 aromatic heterocycles. The van der Waals surface area contributed by atoms with Crippen LogP contribution in [0.5, 0.6) is 0 Å². The summed E-state index contributed by atoms with van der Waals surface area (Å²) >= 11 is 0. The lowest BCUT2D eigenvalue weighted by molar-refractivity contribution is -0.121. The van der Waals surface area contributed by atoms with Gasteiger partial charge in [0.15, 0.2) is 11.7 Å². The van der Waals surface area contributed by atoms with Gasteiger partial charge in [0.25, 0.3) is 0 Å². The van der Waals surface area contributed by atoms with Crippen molar-refractivity contribution in [2.75, 3.05) is 44.2 Å². The van der Waals surface area contributed by atoms with E-state index in [1.807, 2.05) is 6.07 Å². The number of benzene rings is 2. The molecule has 0 saturated carbocycles. The molecule has 0 unspecified atom stereocenters. The molecule has 0 bridgehead atoms. The lowest BCUT2D eigenvalue weighted by Crippen LogP contribution is -2.48. The van der Waals surface area contributed by atoms with Crippen molar-refractivity contribution in [1.29, 1.82) is 0 Å². The third kappa shape index (κ3) is 5.70.